The summed E-state index contributed by atoms with van der Waals surface area (Å²) >= 11 is 6.06. The van der Waals surface area contributed by atoms with Crippen LogP contribution in [-0.4, -0.2) is 55.6 Å². The Morgan fingerprint density at radius 2 is 1.66 bits per heavy atom. The molecule has 0 saturated carbocycles. The number of rotatable bonds is 3. The monoisotopic (exact) mass is 433 g/mol. The summed E-state index contributed by atoms with van der Waals surface area (Å²) in [6.45, 7) is 0.894. The van der Waals surface area contributed by atoms with Crippen molar-refractivity contribution in [3.05, 3.63) is 59.1 Å². The average Bonchev–Trinajstić information content (AvgIpc) is 2.73. The van der Waals surface area contributed by atoms with E-state index in [1.54, 1.807) is 29.2 Å². The number of nitrogens with zero attached hydrogens (tertiary/aromatic N) is 2. The normalized spacial score (nSPS) is 20.1. The van der Waals surface area contributed by atoms with Crippen LogP contribution in [0.2, 0.25) is 5.02 Å². The zero-order valence-corrected chi connectivity index (χ0v) is 17.1. The third kappa shape index (κ3) is 3.75. The van der Waals surface area contributed by atoms with Gasteiger partial charge in [0.05, 0.1) is 10.9 Å². The number of carbonyl (C=O) groups excluding carboxylic acids is 2. The first-order valence-corrected chi connectivity index (χ1v) is 11.1. The highest BCUT2D eigenvalue weighted by atomic mass is 35.5. The molecule has 0 radical (unpaired) electrons. The number of sulfonamides is 1. The van der Waals surface area contributed by atoms with Crippen molar-refractivity contribution in [1.29, 1.82) is 0 Å². The van der Waals surface area contributed by atoms with Gasteiger partial charge in [0.2, 0.25) is 21.8 Å². The van der Waals surface area contributed by atoms with Crippen molar-refractivity contribution in [2.75, 3.05) is 31.5 Å². The Morgan fingerprint density at radius 3 is 2.38 bits per heavy atom. The maximum atomic E-state index is 13.1. The van der Waals surface area contributed by atoms with E-state index in [2.05, 4.69) is 5.32 Å². The van der Waals surface area contributed by atoms with Gasteiger partial charge >= 0.3 is 0 Å². The van der Waals surface area contributed by atoms with Gasteiger partial charge in [0.1, 0.15) is 4.90 Å². The number of nitrogens with one attached hydrogen (secondary N) is 1. The van der Waals surface area contributed by atoms with Gasteiger partial charge in [0.15, 0.2) is 0 Å². The summed E-state index contributed by atoms with van der Waals surface area (Å²) in [5.74, 6) is -0.893. The lowest BCUT2D eigenvalue weighted by Crippen LogP contribution is -2.52. The Kier molecular flexibility index (Phi) is 5.33. The highest BCUT2D eigenvalue weighted by molar-refractivity contribution is 7.89. The lowest BCUT2D eigenvalue weighted by atomic mass is 9.89. The summed E-state index contributed by atoms with van der Waals surface area (Å²) in [5.41, 5.74) is 1.45. The number of piperazine rings is 1. The summed E-state index contributed by atoms with van der Waals surface area (Å²) in [5, 5.41) is 2.97. The van der Waals surface area contributed by atoms with Crippen molar-refractivity contribution in [2.24, 2.45) is 0 Å². The average molecular weight is 434 g/mol. The molecule has 1 N–H and O–H groups in total. The van der Waals surface area contributed by atoms with Gasteiger partial charge in [-0.2, -0.15) is 4.31 Å². The lowest BCUT2D eigenvalue weighted by molar-refractivity contribution is -0.136. The van der Waals surface area contributed by atoms with Crippen LogP contribution in [0.3, 0.4) is 0 Å². The second-order valence-electron chi connectivity index (χ2n) is 7.05. The van der Waals surface area contributed by atoms with E-state index in [0.717, 1.165) is 5.56 Å². The minimum Gasteiger partial charge on any atom is -0.340 e. The van der Waals surface area contributed by atoms with Gasteiger partial charge in [-0.1, -0.05) is 41.9 Å². The van der Waals surface area contributed by atoms with E-state index in [4.69, 9.17) is 11.6 Å². The number of para-hydroxylation sites is 1. The quantitative estimate of drug-likeness (QED) is 0.804. The van der Waals surface area contributed by atoms with E-state index < -0.39 is 15.9 Å². The van der Waals surface area contributed by atoms with Crippen molar-refractivity contribution in [3.63, 3.8) is 0 Å². The molecule has 1 fully saturated rings. The molecule has 2 heterocycles. The van der Waals surface area contributed by atoms with Crippen molar-refractivity contribution >= 4 is 39.1 Å². The van der Waals surface area contributed by atoms with E-state index in [1.165, 1.54) is 10.4 Å². The molecule has 4 rings (SSSR count). The van der Waals surface area contributed by atoms with Crippen LogP contribution in [0.5, 0.6) is 0 Å². The number of halogens is 1. The Morgan fingerprint density at radius 1 is 1.00 bits per heavy atom. The topological polar surface area (TPSA) is 86.8 Å². The van der Waals surface area contributed by atoms with Gasteiger partial charge in [0, 0.05) is 38.3 Å². The molecule has 0 aliphatic carbocycles. The molecule has 1 saturated heterocycles. The molecule has 9 heteroatoms. The Hall–Kier alpha value is -2.42. The zero-order chi connectivity index (χ0) is 20.6. The molecule has 0 spiro atoms. The van der Waals surface area contributed by atoms with Gasteiger partial charge in [-0.05, 0) is 23.8 Å². The second kappa shape index (κ2) is 7.78. The summed E-state index contributed by atoms with van der Waals surface area (Å²) in [6, 6.07) is 13.6. The van der Waals surface area contributed by atoms with Gasteiger partial charge in [-0.15, -0.1) is 0 Å². The summed E-state index contributed by atoms with van der Waals surface area (Å²) in [7, 11) is -3.72. The molecule has 0 unspecified atom stereocenters. The molecule has 2 aromatic rings. The molecule has 152 valence electrons. The maximum absolute atomic E-state index is 13.1. The van der Waals surface area contributed by atoms with Crippen molar-refractivity contribution < 1.29 is 18.0 Å². The van der Waals surface area contributed by atoms with Crippen molar-refractivity contribution in [2.45, 2.75) is 17.2 Å². The molecule has 29 heavy (non-hydrogen) atoms. The summed E-state index contributed by atoms with van der Waals surface area (Å²) < 4.78 is 27.1. The Balaban J connectivity index is 1.48. The largest absolute Gasteiger partial charge is 0.340 e. The highest BCUT2D eigenvalue weighted by Crippen LogP contribution is 2.34. The zero-order valence-electron chi connectivity index (χ0n) is 15.5. The van der Waals surface area contributed by atoms with Gasteiger partial charge < -0.3 is 10.2 Å². The molecule has 0 aromatic heterocycles. The third-order valence-electron chi connectivity index (χ3n) is 5.30. The standard InChI is InChI=1S/C20H20ClN3O4S/c21-16-6-2-4-8-18(16)29(27,28)24-11-9-23(10-12-24)20(26)15-13-19(25)22-17-7-3-1-5-14(15)17/h1-8,15H,9-13H2,(H,22,25)/t15-/m1/s1. The van der Waals surface area contributed by atoms with E-state index in [9.17, 15) is 18.0 Å². The molecule has 2 amide bonds. The summed E-state index contributed by atoms with van der Waals surface area (Å²) in [6.07, 6.45) is 0.0913. The fourth-order valence-electron chi connectivity index (χ4n) is 3.79. The molecule has 2 aromatic carbocycles. The minimum atomic E-state index is -3.72. The number of fused-ring (bicyclic) bond motifs is 1. The van der Waals surface area contributed by atoms with Crippen LogP contribution in [0.4, 0.5) is 5.69 Å². The van der Waals surface area contributed by atoms with Gasteiger partial charge in [-0.25, -0.2) is 8.42 Å². The predicted octanol–water partition coefficient (Wildman–Crippen LogP) is 2.30. The lowest BCUT2D eigenvalue weighted by Gasteiger charge is -2.37. The third-order valence-corrected chi connectivity index (χ3v) is 7.70. The molecular weight excluding hydrogens is 414 g/mol. The van der Waals surface area contributed by atoms with Crippen LogP contribution >= 0.6 is 11.6 Å². The SMILES string of the molecule is O=C1C[C@@H](C(=O)N2CCN(S(=O)(=O)c3ccccc3Cl)CC2)c2ccccc2N1. The first-order valence-electron chi connectivity index (χ1n) is 9.30. The smallest absolute Gasteiger partial charge is 0.244 e. The molecular formula is C20H20ClN3O4S. The van der Waals surface area contributed by atoms with Crippen molar-refractivity contribution in [3.8, 4) is 0 Å². The van der Waals surface area contributed by atoms with Crippen LogP contribution in [-0.2, 0) is 19.6 Å². The van der Waals surface area contributed by atoms with Crippen LogP contribution in [0, 0.1) is 0 Å². The van der Waals surface area contributed by atoms with Crippen LogP contribution < -0.4 is 5.32 Å². The molecule has 0 bridgehead atoms. The number of hydrogen-bond acceptors (Lipinski definition) is 4. The second-order valence-corrected chi connectivity index (χ2v) is 9.37. The first-order chi connectivity index (χ1) is 13.9. The van der Waals surface area contributed by atoms with Crippen molar-refractivity contribution in [1.82, 2.24) is 9.21 Å². The Labute approximate surface area is 174 Å². The molecule has 2 aliphatic rings. The number of benzene rings is 2. The number of amides is 2. The fourth-order valence-corrected chi connectivity index (χ4v) is 5.71. The van der Waals surface area contributed by atoms with E-state index in [-0.39, 0.29) is 54.3 Å². The number of carbonyl (C=O) groups is 2. The maximum Gasteiger partial charge on any atom is 0.244 e. The first kappa shape index (κ1) is 19.9. The molecule has 2 aliphatic heterocycles. The van der Waals surface area contributed by atoms with Gasteiger partial charge in [-0.3, -0.25) is 9.59 Å². The Bertz CT molecular complexity index is 1060. The van der Waals surface area contributed by atoms with Crippen LogP contribution in [0.25, 0.3) is 0 Å². The predicted molar refractivity (Wildman–Crippen MR) is 109 cm³/mol. The molecule has 1 atom stereocenters. The van der Waals surface area contributed by atoms with E-state index in [0.29, 0.717) is 5.69 Å². The van der Waals surface area contributed by atoms with E-state index >= 15 is 0 Å². The fraction of sp³-hybridized carbons (Fsp3) is 0.300. The van der Waals surface area contributed by atoms with Crippen LogP contribution in [0.15, 0.2) is 53.4 Å². The molecule has 7 nitrogen and oxygen atoms in total. The highest BCUT2D eigenvalue weighted by Gasteiger charge is 2.36. The number of hydrogen-bond donors (Lipinski definition) is 1. The van der Waals surface area contributed by atoms with Gasteiger partial charge in [0.25, 0.3) is 0 Å². The van der Waals surface area contributed by atoms with Crippen LogP contribution in [0.1, 0.15) is 17.9 Å². The van der Waals surface area contributed by atoms with E-state index in [1.807, 2.05) is 18.2 Å². The number of anilines is 1. The summed E-state index contributed by atoms with van der Waals surface area (Å²) in [4.78, 5) is 26.8. The minimum absolute atomic E-state index is 0.0688.